The van der Waals surface area contributed by atoms with Gasteiger partial charge in [-0.3, -0.25) is 5.43 Å². The average molecular weight is 468 g/mol. The zero-order valence-electron chi connectivity index (χ0n) is 21.9. The summed E-state index contributed by atoms with van der Waals surface area (Å²) in [4.78, 5) is 0. The Kier molecular flexibility index (Phi) is 6.50. The van der Waals surface area contributed by atoms with Gasteiger partial charge in [0.15, 0.2) is 0 Å². The third-order valence-electron chi connectivity index (χ3n) is 11.9. The Balaban J connectivity index is 1.17. The lowest BCUT2D eigenvalue weighted by Gasteiger charge is -2.50. The highest BCUT2D eigenvalue weighted by Crippen LogP contribution is 2.51. The van der Waals surface area contributed by atoms with Gasteiger partial charge < -0.3 is 10.6 Å². The van der Waals surface area contributed by atoms with Crippen LogP contribution in [0.15, 0.2) is 0 Å². The Morgan fingerprint density at radius 1 is 0.794 bits per heavy atom. The van der Waals surface area contributed by atoms with Gasteiger partial charge in [0.1, 0.15) is 0 Å². The first-order valence-electron chi connectivity index (χ1n) is 14.8. The summed E-state index contributed by atoms with van der Waals surface area (Å²) < 4.78 is 0. The Labute approximate surface area is 208 Å². The maximum absolute atomic E-state index is 9.65. The van der Waals surface area contributed by atoms with E-state index in [2.05, 4.69) is 48.0 Å². The molecule has 0 bridgehead atoms. The Bertz CT molecular complexity index is 767. The van der Waals surface area contributed by atoms with Crippen molar-refractivity contribution in [2.24, 2.45) is 46.8 Å². The van der Waals surface area contributed by atoms with Gasteiger partial charge in [0.05, 0.1) is 11.5 Å². The molecule has 190 valence electrons. The molecule has 3 aliphatic heterocycles. The molecule has 0 amide bonds. The standard InChI is InChI=1S/C29H49N5/c1-29(2,17-30)20-11-8-18(9-12-20)28-27-22-14-19(23-15-31-24-7-5-4-6-21(23)24)10-13-25(22)32-16-26(27)34(3)33-28/h18-28,31-33H,4-16H2,1-3H3. The highest BCUT2D eigenvalue weighted by atomic mass is 15.6. The number of nitrogens with one attached hydrogen (secondary N) is 3. The zero-order valence-corrected chi connectivity index (χ0v) is 21.9. The molecule has 3 heterocycles. The van der Waals surface area contributed by atoms with Crippen molar-refractivity contribution < 1.29 is 0 Å². The Morgan fingerprint density at radius 2 is 1.50 bits per heavy atom. The lowest BCUT2D eigenvalue weighted by Crippen LogP contribution is -2.59. The van der Waals surface area contributed by atoms with E-state index in [1.807, 2.05) is 0 Å². The zero-order chi connectivity index (χ0) is 23.4. The summed E-state index contributed by atoms with van der Waals surface area (Å²) in [6, 6.07) is 5.44. The molecule has 34 heavy (non-hydrogen) atoms. The Morgan fingerprint density at radius 3 is 2.29 bits per heavy atom. The van der Waals surface area contributed by atoms with E-state index < -0.39 is 0 Å². The molecule has 6 aliphatic rings. The number of nitriles is 1. The van der Waals surface area contributed by atoms with E-state index >= 15 is 0 Å². The lowest BCUT2D eigenvalue weighted by molar-refractivity contribution is 0.0359. The van der Waals surface area contributed by atoms with E-state index in [-0.39, 0.29) is 5.41 Å². The van der Waals surface area contributed by atoms with Crippen molar-refractivity contribution >= 4 is 0 Å². The normalized spacial score (nSPS) is 49.6. The van der Waals surface area contributed by atoms with Gasteiger partial charge in [0.2, 0.25) is 0 Å². The first-order valence-corrected chi connectivity index (χ1v) is 14.8. The minimum absolute atomic E-state index is 0.170. The number of hydrazine groups is 1. The summed E-state index contributed by atoms with van der Waals surface area (Å²) in [5, 5.41) is 20.1. The molecule has 0 radical (unpaired) electrons. The van der Waals surface area contributed by atoms with Gasteiger partial charge in [0.25, 0.3) is 0 Å². The maximum Gasteiger partial charge on any atom is 0.0686 e. The van der Waals surface area contributed by atoms with Crippen LogP contribution in [0.5, 0.6) is 0 Å². The molecule has 9 unspecified atom stereocenters. The second-order valence-electron chi connectivity index (χ2n) is 13.7. The van der Waals surface area contributed by atoms with Crippen molar-refractivity contribution in [1.82, 2.24) is 21.1 Å². The van der Waals surface area contributed by atoms with Gasteiger partial charge in [-0.05, 0) is 120 Å². The van der Waals surface area contributed by atoms with Crippen molar-refractivity contribution in [3.05, 3.63) is 0 Å². The van der Waals surface area contributed by atoms with Gasteiger partial charge in [-0.25, -0.2) is 5.01 Å². The highest BCUT2D eigenvalue weighted by molar-refractivity contribution is 5.09. The number of fused-ring (bicyclic) bond motifs is 4. The minimum atomic E-state index is -0.170. The van der Waals surface area contributed by atoms with Gasteiger partial charge in [-0.2, -0.15) is 5.26 Å². The van der Waals surface area contributed by atoms with E-state index in [0.29, 0.717) is 18.0 Å². The van der Waals surface area contributed by atoms with Crippen LogP contribution in [0.2, 0.25) is 0 Å². The number of nitrogens with zero attached hydrogens (tertiary/aromatic N) is 2. The van der Waals surface area contributed by atoms with E-state index in [4.69, 9.17) is 0 Å². The summed E-state index contributed by atoms with van der Waals surface area (Å²) in [5.41, 5.74) is 3.84. The fraction of sp³-hybridized carbons (Fsp3) is 0.966. The molecule has 9 atom stereocenters. The van der Waals surface area contributed by atoms with E-state index in [0.717, 1.165) is 54.1 Å². The second kappa shape index (κ2) is 9.33. The van der Waals surface area contributed by atoms with Gasteiger partial charge in [0, 0.05) is 37.8 Å². The molecule has 0 aromatic rings. The molecule has 0 aromatic heterocycles. The molecule has 3 saturated heterocycles. The third-order valence-corrected chi connectivity index (χ3v) is 11.9. The molecule has 5 nitrogen and oxygen atoms in total. The SMILES string of the molecule is CN1NC(C2CCC(C(C)(C)C#N)CC2)C2C3CC(C4CNC5CCCCC54)CCC3NCC21. The molecule has 3 saturated carbocycles. The van der Waals surface area contributed by atoms with Crippen molar-refractivity contribution in [2.75, 3.05) is 20.1 Å². The first kappa shape index (κ1) is 23.7. The number of hydrogen-bond acceptors (Lipinski definition) is 5. The summed E-state index contributed by atoms with van der Waals surface area (Å²) in [6.07, 6.45) is 15.2. The summed E-state index contributed by atoms with van der Waals surface area (Å²) in [7, 11) is 2.30. The number of piperidine rings is 1. The van der Waals surface area contributed by atoms with Crippen molar-refractivity contribution in [2.45, 2.75) is 109 Å². The van der Waals surface area contributed by atoms with Crippen LogP contribution >= 0.6 is 0 Å². The monoisotopic (exact) mass is 467 g/mol. The highest BCUT2D eigenvalue weighted by Gasteiger charge is 2.54. The average Bonchev–Trinajstić information content (AvgIpc) is 3.45. The van der Waals surface area contributed by atoms with Crippen LogP contribution in [0.25, 0.3) is 0 Å². The smallest absolute Gasteiger partial charge is 0.0686 e. The predicted octanol–water partition coefficient (Wildman–Crippen LogP) is 4.31. The summed E-state index contributed by atoms with van der Waals surface area (Å²) in [5.74, 6) is 5.79. The van der Waals surface area contributed by atoms with E-state index in [9.17, 15) is 5.26 Å². The Hall–Kier alpha value is -0.670. The topological polar surface area (TPSA) is 63.1 Å². The predicted molar refractivity (Wildman–Crippen MR) is 137 cm³/mol. The van der Waals surface area contributed by atoms with Crippen LogP contribution in [-0.2, 0) is 0 Å². The van der Waals surface area contributed by atoms with E-state index in [1.165, 1.54) is 77.2 Å². The fourth-order valence-corrected chi connectivity index (χ4v) is 9.91. The number of hydrogen-bond donors (Lipinski definition) is 3. The van der Waals surface area contributed by atoms with Gasteiger partial charge in [-0.1, -0.05) is 12.8 Å². The van der Waals surface area contributed by atoms with Crippen molar-refractivity contribution in [3.63, 3.8) is 0 Å². The van der Waals surface area contributed by atoms with Crippen LogP contribution in [0.1, 0.15) is 84.5 Å². The molecule has 0 spiro atoms. The first-order chi connectivity index (χ1) is 16.5. The van der Waals surface area contributed by atoms with Crippen LogP contribution in [0.3, 0.4) is 0 Å². The molecule has 0 aromatic carbocycles. The van der Waals surface area contributed by atoms with Crippen LogP contribution in [0, 0.1) is 58.2 Å². The van der Waals surface area contributed by atoms with E-state index in [1.54, 1.807) is 0 Å². The molecular formula is C29H49N5. The lowest BCUT2D eigenvalue weighted by atomic mass is 9.59. The molecule has 5 heteroatoms. The third kappa shape index (κ3) is 4.05. The second-order valence-corrected chi connectivity index (χ2v) is 13.7. The summed E-state index contributed by atoms with van der Waals surface area (Å²) in [6.45, 7) is 6.76. The van der Waals surface area contributed by atoms with Crippen molar-refractivity contribution in [3.8, 4) is 6.07 Å². The van der Waals surface area contributed by atoms with Crippen LogP contribution in [-0.4, -0.2) is 49.3 Å². The molecule has 3 N–H and O–H groups in total. The van der Waals surface area contributed by atoms with Crippen molar-refractivity contribution in [1.29, 1.82) is 5.26 Å². The molecular weight excluding hydrogens is 418 g/mol. The van der Waals surface area contributed by atoms with Gasteiger partial charge in [-0.15, -0.1) is 0 Å². The van der Waals surface area contributed by atoms with Crippen LogP contribution < -0.4 is 16.1 Å². The maximum atomic E-state index is 9.65. The van der Waals surface area contributed by atoms with Crippen LogP contribution in [0.4, 0.5) is 0 Å². The summed E-state index contributed by atoms with van der Waals surface area (Å²) >= 11 is 0. The molecule has 3 aliphatic carbocycles. The largest absolute Gasteiger partial charge is 0.313 e. The number of rotatable bonds is 3. The minimum Gasteiger partial charge on any atom is -0.313 e. The number of likely N-dealkylation sites (N-methyl/N-ethyl adjacent to an activating group) is 1. The molecule has 6 fully saturated rings. The quantitative estimate of drug-likeness (QED) is 0.577. The van der Waals surface area contributed by atoms with Gasteiger partial charge >= 0.3 is 0 Å². The fourth-order valence-electron chi connectivity index (χ4n) is 9.91. The molecule has 6 rings (SSSR count).